The molecule has 0 spiro atoms. The quantitative estimate of drug-likeness (QED) is 0.0190. The van der Waals surface area contributed by atoms with Crippen LogP contribution in [0.5, 0.6) is 0 Å². The van der Waals surface area contributed by atoms with Gasteiger partial charge in [0.2, 0.25) is 0 Å². The van der Waals surface area contributed by atoms with Crippen molar-refractivity contribution < 1.29 is 52.3 Å². The van der Waals surface area contributed by atoms with Crippen LogP contribution in [0.3, 0.4) is 0 Å². The van der Waals surface area contributed by atoms with E-state index in [9.17, 15) is 19.2 Å². The van der Waals surface area contributed by atoms with Crippen molar-refractivity contribution in [3.8, 4) is 0 Å². The first-order chi connectivity index (χ1) is 28.3. The van der Waals surface area contributed by atoms with E-state index in [-0.39, 0.29) is 64.7 Å². The lowest BCUT2D eigenvalue weighted by Gasteiger charge is -2.20. The molecule has 0 N–H and O–H groups in total. The molecule has 0 aromatic carbocycles. The van der Waals surface area contributed by atoms with Gasteiger partial charge >= 0.3 is 24.1 Å². The van der Waals surface area contributed by atoms with Crippen molar-refractivity contribution in [1.29, 1.82) is 0 Å². The molecule has 0 aromatic rings. The highest BCUT2D eigenvalue weighted by Crippen LogP contribution is 2.13. The maximum absolute atomic E-state index is 12.9. The highest BCUT2D eigenvalue weighted by atomic mass is 16.7. The summed E-state index contributed by atoms with van der Waals surface area (Å²) in [6.45, 7) is 14.5. The Labute approximate surface area is 353 Å². The molecule has 1 unspecified atom stereocenters. The molecule has 12 heteroatoms. The second-order valence-corrected chi connectivity index (χ2v) is 15.1. The number of hydrogen-bond donors (Lipinski definition) is 0. The van der Waals surface area contributed by atoms with Crippen molar-refractivity contribution >= 4 is 24.1 Å². The number of carbonyl (C=O) groups excluding carboxylic acids is 4. The largest absolute Gasteiger partial charge is 0.508 e. The van der Waals surface area contributed by atoms with Gasteiger partial charge in [-0.1, -0.05) is 130 Å². The van der Waals surface area contributed by atoms with E-state index in [4.69, 9.17) is 33.2 Å². The first-order valence-corrected chi connectivity index (χ1v) is 23.2. The number of esters is 3. The summed E-state index contributed by atoms with van der Waals surface area (Å²) in [5, 5.41) is 0. The predicted molar refractivity (Wildman–Crippen MR) is 229 cm³/mol. The molecule has 0 radical (unpaired) electrons. The third-order valence-electron chi connectivity index (χ3n) is 9.81. The van der Waals surface area contributed by atoms with Crippen LogP contribution in [0.15, 0.2) is 12.2 Å². The molecule has 0 rings (SSSR count). The molecule has 340 valence electrons. The first kappa shape index (κ1) is 55.3. The summed E-state index contributed by atoms with van der Waals surface area (Å²) < 4.78 is 38.9. The highest BCUT2D eigenvalue weighted by molar-refractivity contribution is 5.72. The summed E-state index contributed by atoms with van der Waals surface area (Å²) >= 11 is 0. The monoisotopic (exact) mass is 828 g/mol. The number of nitrogens with zero attached hydrogens (tertiary/aromatic N) is 1. The molecule has 0 amide bonds. The SMILES string of the molecule is CCCCCC/C=C\COC(=O)CCCC(=O)OCC(COC(=O)CCC(OCCCCCCCC)OCCCCCCCC)COC(=O)OCCCN(CC)CC. The summed E-state index contributed by atoms with van der Waals surface area (Å²) in [6, 6.07) is 0. The number of ether oxygens (including phenoxy) is 7. The third kappa shape index (κ3) is 37.6. The second-order valence-electron chi connectivity index (χ2n) is 15.1. The Kier molecular flexibility index (Phi) is 40.4. The average Bonchev–Trinajstić information content (AvgIpc) is 3.22. The zero-order chi connectivity index (χ0) is 42.7. The molecule has 58 heavy (non-hydrogen) atoms. The minimum atomic E-state index is -0.833. The van der Waals surface area contributed by atoms with E-state index in [0.717, 1.165) is 58.2 Å². The zero-order valence-corrected chi connectivity index (χ0v) is 37.6. The van der Waals surface area contributed by atoms with Gasteiger partial charge in [-0.25, -0.2) is 4.79 Å². The van der Waals surface area contributed by atoms with E-state index in [2.05, 4.69) is 39.5 Å². The Morgan fingerprint density at radius 1 is 0.483 bits per heavy atom. The second kappa shape index (κ2) is 42.4. The number of allylic oxidation sites excluding steroid dienone is 1. The minimum absolute atomic E-state index is 0.0170. The van der Waals surface area contributed by atoms with Crippen molar-refractivity contribution in [1.82, 2.24) is 4.90 Å². The maximum atomic E-state index is 12.9. The summed E-state index contributed by atoms with van der Waals surface area (Å²) in [5.74, 6) is -1.95. The van der Waals surface area contributed by atoms with Crippen molar-refractivity contribution in [3.05, 3.63) is 12.2 Å². The Balaban J connectivity index is 4.97. The van der Waals surface area contributed by atoms with Crippen LogP contribution in [0.1, 0.15) is 182 Å². The van der Waals surface area contributed by atoms with E-state index in [1.165, 1.54) is 70.6 Å². The predicted octanol–water partition coefficient (Wildman–Crippen LogP) is 10.7. The average molecular weight is 828 g/mol. The lowest BCUT2D eigenvalue weighted by atomic mass is 10.1. The molecule has 12 nitrogen and oxygen atoms in total. The number of rotatable bonds is 42. The van der Waals surface area contributed by atoms with E-state index in [0.29, 0.717) is 26.1 Å². The molecule has 0 aliphatic heterocycles. The van der Waals surface area contributed by atoms with E-state index in [1.54, 1.807) is 0 Å². The van der Waals surface area contributed by atoms with Gasteiger partial charge in [0.1, 0.15) is 26.4 Å². The molecular formula is C46H85NO11. The smallest absolute Gasteiger partial charge is 0.465 e. The fraction of sp³-hybridized carbons (Fsp3) is 0.870. The molecule has 0 heterocycles. The van der Waals surface area contributed by atoms with E-state index < -0.39 is 30.3 Å². The van der Waals surface area contributed by atoms with Crippen molar-refractivity contribution in [2.45, 2.75) is 189 Å². The Hall–Kier alpha value is -2.70. The van der Waals surface area contributed by atoms with Crippen molar-refractivity contribution in [2.75, 3.05) is 65.9 Å². The topological polar surface area (TPSA) is 136 Å². The Morgan fingerprint density at radius 2 is 0.983 bits per heavy atom. The van der Waals surface area contributed by atoms with Gasteiger partial charge in [-0.05, 0) is 51.6 Å². The summed E-state index contributed by atoms with van der Waals surface area (Å²) in [5.41, 5.74) is 0. The Morgan fingerprint density at radius 3 is 1.55 bits per heavy atom. The van der Waals surface area contributed by atoms with E-state index in [1.807, 2.05) is 12.2 Å². The standard InChI is InChI=1S/C46H85NO11/c1-6-11-14-17-20-23-24-34-52-42(48)29-27-30-43(49)56-38-41(40-58-46(51)55-37-28-33-47(9-4)10-5)39-57-44(50)31-32-45(53-35-25-21-18-15-12-7-2)54-36-26-22-19-16-13-8-3/h23-24,41,45H,6-22,25-40H2,1-5H3/b24-23-. The van der Waals surface area contributed by atoms with Crippen LogP contribution in [0.4, 0.5) is 4.79 Å². The fourth-order valence-electron chi connectivity index (χ4n) is 6.03. The van der Waals surface area contributed by atoms with E-state index >= 15 is 0 Å². The maximum Gasteiger partial charge on any atom is 0.508 e. The van der Waals surface area contributed by atoms with Gasteiger partial charge < -0.3 is 38.1 Å². The molecule has 0 saturated heterocycles. The number of unbranched alkanes of at least 4 members (excludes halogenated alkanes) is 14. The van der Waals surface area contributed by atoms with Crippen LogP contribution < -0.4 is 0 Å². The van der Waals surface area contributed by atoms with Crippen molar-refractivity contribution in [3.63, 3.8) is 0 Å². The molecule has 0 saturated carbocycles. The van der Waals surface area contributed by atoms with Gasteiger partial charge in [0.25, 0.3) is 0 Å². The molecular weight excluding hydrogens is 743 g/mol. The number of hydrogen-bond acceptors (Lipinski definition) is 12. The van der Waals surface area contributed by atoms with Crippen LogP contribution in [0.2, 0.25) is 0 Å². The zero-order valence-electron chi connectivity index (χ0n) is 37.6. The summed E-state index contributed by atoms with van der Waals surface area (Å²) in [4.78, 5) is 52.2. The van der Waals surface area contributed by atoms with Crippen LogP contribution in [0, 0.1) is 5.92 Å². The lowest BCUT2D eigenvalue weighted by molar-refractivity contribution is -0.161. The lowest BCUT2D eigenvalue weighted by Crippen LogP contribution is -2.28. The van der Waals surface area contributed by atoms with Gasteiger partial charge in [0.15, 0.2) is 6.29 Å². The van der Waals surface area contributed by atoms with Gasteiger partial charge in [-0.15, -0.1) is 0 Å². The third-order valence-corrected chi connectivity index (χ3v) is 9.81. The highest BCUT2D eigenvalue weighted by Gasteiger charge is 2.20. The van der Waals surface area contributed by atoms with Crippen molar-refractivity contribution in [2.24, 2.45) is 5.92 Å². The molecule has 0 aromatic heterocycles. The Bertz CT molecular complexity index is 986. The first-order valence-electron chi connectivity index (χ1n) is 23.2. The molecule has 0 aliphatic rings. The molecule has 0 aliphatic carbocycles. The molecule has 0 fully saturated rings. The van der Waals surface area contributed by atoms with Crippen LogP contribution in [-0.4, -0.2) is 101 Å². The van der Waals surface area contributed by atoms with Crippen LogP contribution in [0.25, 0.3) is 0 Å². The molecule has 1 atom stereocenters. The summed E-state index contributed by atoms with van der Waals surface area (Å²) in [6.07, 6.45) is 23.6. The van der Waals surface area contributed by atoms with Gasteiger partial charge in [-0.2, -0.15) is 0 Å². The van der Waals surface area contributed by atoms with Crippen LogP contribution in [-0.2, 0) is 47.5 Å². The normalized spacial score (nSPS) is 12.0. The van der Waals surface area contributed by atoms with Gasteiger partial charge in [0, 0.05) is 39.0 Å². The number of carbonyl (C=O) groups is 4. The minimum Gasteiger partial charge on any atom is -0.465 e. The fourth-order valence-corrected chi connectivity index (χ4v) is 6.03. The molecule has 0 bridgehead atoms. The summed E-state index contributed by atoms with van der Waals surface area (Å²) in [7, 11) is 0. The van der Waals surface area contributed by atoms with Gasteiger partial charge in [-0.3, -0.25) is 14.4 Å². The van der Waals surface area contributed by atoms with Gasteiger partial charge in [0.05, 0.1) is 18.9 Å². The van der Waals surface area contributed by atoms with Crippen LogP contribution >= 0.6 is 0 Å².